The predicted molar refractivity (Wildman–Crippen MR) is 114 cm³/mol. The monoisotopic (exact) mass is 395 g/mol. The number of ether oxygens (including phenoxy) is 2. The normalized spacial score (nSPS) is 21.5. The van der Waals surface area contributed by atoms with Crippen LogP contribution in [0.5, 0.6) is 0 Å². The zero-order valence-electron chi connectivity index (χ0n) is 16.8. The lowest BCUT2D eigenvalue weighted by Gasteiger charge is -2.37. The molecule has 0 radical (unpaired) electrons. The third-order valence-corrected chi connectivity index (χ3v) is 6.13. The summed E-state index contributed by atoms with van der Waals surface area (Å²) in [6.07, 6.45) is 7.46. The summed E-state index contributed by atoms with van der Waals surface area (Å²) in [5, 5.41) is 3.42. The Morgan fingerprint density at radius 2 is 1.55 bits per heavy atom. The van der Waals surface area contributed by atoms with Gasteiger partial charge in [0.15, 0.2) is 5.79 Å². The van der Waals surface area contributed by atoms with E-state index in [4.69, 9.17) is 14.5 Å². The summed E-state index contributed by atoms with van der Waals surface area (Å²) >= 11 is 0. The molecule has 154 valence electrons. The largest absolute Gasteiger partial charge is 0.372 e. The van der Waals surface area contributed by atoms with Gasteiger partial charge >= 0.3 is 0 Å². The average Bonchev–Trinajstić information content (AvgIpc) is 3.23. The summed E-state index contributed by atoms with van der Waals surface area (Å²) in [4.78, 5) is 13.9. The molecule has 1 aromatic heterocycles. The van der Waals surface area contributed by atoms with Crippen LogP contribution in [-0.2, 0) is 9.47 Å². The van der Waals surface area contributed by atoms with Gasteiger partial charge in [-0.25, -0.2) is 4.98 Å². The van der Waals surface area contributed by atoms with Crippen LogP contribution in [0.25, 0.3) is 0 Å². The first-order chi connectivity index (χ1) is 14.3. The lowest BCUT2D eigenvalue weighted by atomic mass is 10.0. The number of anilines is 4. The molecule has 0 saturated carbocycles. The highest BCUT2D eigenvalue weighted by Crippen LogP contribution is 2.32. The van der Waals surface area contributed by atoms with Crippen molar-refractivity contribution in [2.45, 2.75) is 37.9 Å². The van der Waals surface area contributed by atoms with E-state index in [0.717, 1.165) is 56.5 Å². The van der Waals surface area contributed by atoms with E-state index >= 15 is 0 Å². The average molecular weight is 396 g/mol. The van der Waals surface area contributed by atoms with E-state index in [0.29, 0.717) is 13.2 Å². The summed E-state index contributed by atoms with van der Waals surface area (Å²) in [5.74, 6) is 1.20. The molecule has 7 nitrogen and oxygen atoms in total. The van der Waals surface area contributed by atoms with Crippen LogP contribution in [0.3, 0.4) is 0 Å². The first-order valence-electron chi connectivity index (χ1n) is 10.8. The zero-order chi connectivity index (χ0) is 19.5. The molecule has 2 aromatic rings. The van der Waals surface area contributed by atoms with Crippen LogP contribution in [0.2, 0.25) is 0 Å². The second-order valence-corrected chi connectivity index (χ2v) is 8.06. The maximum Gasteiger partial charge on any atom is 0.227 e. The van der Waals surface area contributed by atoms with E-state index in [1.807, 2.05) is 12.3 Å². The van der Waals surface area contributed by atoms with Crippen molar-refractivity contribution in [3.8, 4) is 0 Å². The van der Waals surface area contributed by atoms with Crippen LogP contribution >= 0.6 is 0 Å². The smallest absolute Gasteiger partial charge is 0.227 e. The van der Waals surface area contributed by atoms with Crippen LogP contribution in [0.15, 0.2) is 36.5 Å². The van der Waals surface area contributed by atoms with Crippen molar-refractivity contribution in [1.29, 1.82) is 0 Å². The van der Waals surface area contributed by atoms with Crippen molar-refractivity contribution >= 4 is 23.1 Å². The highest BCUT2D eigenvalue weighted by atomic mass is 16.7. The minimum absolute atomic E-state index is 0.373. The van der Waals surface area contributed by atoms with E-state index in [1.165, 1.54) is 24.9 Å². The van der Waals surface area contributed by atoms with E-state index in [2.05, 4.69) is 44.4 Å². The number of hydrogen-bond acceptors (Lipinski definition) is 7. The van der Waals surface area contributed by atoms with Gasteiger partial charge in [0, 0.05) is 56.6 Å². The highest BCUT2D eigenvalue weighted by Gasteiger charge is 2.40. The minimum Gasteiger partial charge on any atom is -0.372 e. The van der Waals surface area contributed by atoms with E-state index < -0.39 is 0 Å². The number of aromatic nitrogens is 2. The number of nitrogens with one attached hydrogen (secondary N) is 1. The van der Waals surface area contributed by atoms with Crippen molar-refractivity contribution in [2.75, 3.05) is 54.5 Å². The Bertz CT molecular complexity index is 806. The number of rotatable bonds is 4. The quantitative estimate of drug-likeness (QED) is 0.849. The predicted octanol–water partition coefficient (Wildman–Crippen LogP) is 3.55. The first-order valence-corrected chi connectivity index (χ1v) is 10.8. The fraction of sp³-hybridized carbons (Fsp3) is 0.545. The van der Waals surface area contributed by atoms with Gasteiger partial charge in [0.1, 0.15) is 5.82 Å². The molecular formula is C22H29N5O2. The van der Waals surface area contributed by atoms with Crippen molar-refractivity contribution in [3.63, 3.8) is 0 Å². The molecule has 0 amide bonds. The molecule has 4 heterocycles. The molecule has 5 rings (SSSR count). The second-order valence-electron chi connectivity index (χ2n) is 8.06. The Morgan fingerprint density at radius 3 is 2.28 bits per heavy atom. The Hall–Kier alpha value is -2.38. The van der Waals surface area contributed by atoms with Gasteiger partial charge in [-0.15, -0.1) is 0 Å². The van der Waals surface area contributed by atoms with Crippen molar-refractivity contribution in [3.05, 3.63) is 36.5 Å². The molecule has 3 aliphatic rings. The van der Waals surface area contributed by atoms with Gasteiger partial charge in [-0.05, 0) is 49.6 Å². The van der Waals surface area contributed by atoms with Gasteiger partial charge < -0.3 is 24.6 Å². The zero-order valence-corrected chi connectivity index (χ0v) is 16.8. The molecule has 0 unspecified atom stereocenters. The molecule has 1 N–H and O–H groups in total. The van der Waals surface area contributed by atoms with Crippen LogP contribution in [0, 0.1) is 0 Å². The molecule has 29 heavy (non-hydrogen) atoms. The van der Waals surface area contributed by atoms with Gasteiger partial charge in [0.2, 0.25) is 5.95 Å². The van der Waals surface area contributed by atoms with Crippen LogP contribution < -0.4 is 15.1 Å². The standard InChI is InChI=1S/C22H29N5O2/c1-2-12-26(13-3-1)19-6-4-18(5-7-19)24-20-8-11-23-21(25-20)27-14-9-22(10-15-27)28-16-17-29-22/h4-8,11H,1-3,9-10,12-17H2,(H,23,24,25). The van der Waals surface area contributed by atoms with E-state index in [9.17, 15) is 0 Å². The Morgan fingerprint density at radius 1 is 0.828 bits per heavy atom. The van der Waals surface area contributed by atoms with Crippen LogP contribution in [-0.4, -0.2) is 55.1 Å². The summed E-state index contributed by atoms with van der Waals surface area (Å²) in [5.41, 5.74) is 2.35. The summed E-state index contributed by atoms with van der Waals surface area (Å²) in [6.45, 7) is 5.41. The fourth-order valence-corrected chi connectivity index (χ4v) is 4.46. The Balaban J connectivity index is 1.22. The van der Waals surface area contributed by atoms with Gasteiger partial charge in [-0.3, -0.25) is 0 Å². The molecule has 7 heteroatoms. The summed E-state index contributed by atoms with van der Waals surface area (Å²) in [7, 11) is 0. The highest BCUT2D eigenvalue weighted by molar-refractivity contribution is 5.61. The molecule has 1 spiro atoms. The van der Waals surface area contributed by atoms with Crippen molar-refractivity contribution in [2.24, 2.45) is 0 Å². The molecular weight excluding hydrogens is 366 g/mol. The van der Waals surface area contributed by atoms with Crippen LogP contribution in [0.1, 0.15) is 32.1 Å². The van der Waals surface area contributed by atoms with E-state index in [1.54, 1.807) is 0 Å². The second kappa shape index (κ2) is 8.16. The fourth-order valence-electron chi connectivity index (χ4n) is 4.46. The van der Waals surface area contributed by atoms with Crippen molar-refractivity contribution < 1.29 is 9.47 Å². The van der Waals surface area contributed by atoms with Crippen LogP contribution in [0.4, 0.5) is 23.1 Å². The molecule has 3 fully saturated rings. The molecule has 0 atom stereocenters. The minimum atomic E-state index is -0.373. The van der Waals surface area contributed by atoms with Crippen molar-refractivity contribution in [1.82, 2.24) is 9.97 Å². The molecule has 1 aromatic carbocycles. The molecule has 3 saturated heterocycles. The third-order valence-electron chi connectivity index (χ3n) is 6.13. The maximum absolute atomic E-state index is 5.82. The number of benzene rings is 1. The van der Waals surface area contributed by atoms with Gasteiger partial charge in [-0.1, -0.05) is 0 Å². The van der Waals surface area contributed by atoms with Gasteiger partial charge in [-0.2, -0.15) is 4.98 Å². The Kier molecular flexibility index (Phi) is 5.24. The first kappa shape index (κ1) is 18.6. The number of nitrogens with zero attached hydrogens (tertiary/aromatic N) is 4. The van der Waals surface area contributed by atoms with Gasteiger partial charge in [0.25, 0.3) is 0 Å². The third kappa shape index (κ3) is 4.16. The summed E-state index contributed by atoms with van der Waals surface area (Å²) in [6, 6.07) is 10.6. The Labute approximate surface area is 172 Å². The molecule has 3 aliphatic heterocycles. The topological polar surface area (TPSA) is 62.8 Å². The lowest BCUT2D eigenvalue weighted by molar-refractivity contribution is -0.169. The lowest BCUT2D eigenvalue weighted by Crippen LogP contribution is -2.45. The molecule has 0 bridgehead atoms. The summed E-state index contributed by atoms with van der Waals surface area (Å²) < 4.78 is 11.6. The number of hydrogen-bond donors (Lipinski definition) is 1. The molecule has 0 aliphatic carbocycles. The van der Waals surface area contributed by atoms with Gasteiger partial charge in [0.05, 0.1) is 13.2 Å². The number of piperidine rings is 2. The maximum atomic E-state index is 5.82. The van der Waals surface area contributed by atoms with E-state index in [-0.39, 0.29) is 5.79 Å². The SMILES string of the molecule is c1cc(Nc2ccc(N3CCCCC3)cc2)nc(N2CCC3(CC2)OCCO3)n1.